The van der Waals surface area contributed by atoms with E-state index in [-0.39, 0.29) is 10.8 Å². The summed E-state index contributed by atoms with van der Waals surface area (Å²) in [5.74, 6) is 1.89. The molecule has 2 aliphatic heterocycles. The minimum Gasteiger partial charge on any atom is -0.457 e. The number of rotatable bonds is 9. The third kappa shape index (κ3) is 5.93. The van der Waals surface area contributed by atoms with Gasteiger partial charge in [-0.2, -0.15) is 4.58 Å². The molecule has 1 aliphatic carbocycles. The Bertz CT molecular complexity index is 1760. The lowest BCUT2D eigenvalue weighted by molar-refractivity contribution is -0.401. The molecule has 0 amide bonds. The van der Waals surface area contributed by atoms with Crippen molar-refractivity contribution in [3.05, 3.63) is 136 Å². The first-order chi connectivity index (χ1) is 22.1. The number of nitrogens with zero attached hydrogens (tertiary/aromatic N) is 2. The molecule has 6 rings (SSSR count). The van der Waals surface area contributed by atoms with Gasteiger partial charge in [-0.1, -0.05) is 93.8 Å². The van der Waals surface area contributed by atoms with Gasteiger partial charge in [-0.3, -0.25) is 0 Å². The van der Waals surface area contributed by atoms with Crippen molar-refractivity contribution in [2.45, 2.75) is 90.9 Å². The van der Waals surface area contributed by atoms with Crippen molar-refractivity contribution in [1.29, 1.82) is 0 Å². The van der Waals surface area contributed by atoms with Crippen LogP contribution in [-0.4, -0.2) is 23.9 Å². The van der Waals surface area contributed by atoms with Gasteiger partial charge in [0.2, 0.25) is 5.69 Å². The standard InChI is InChI=1S/C43H51N2O/c1-8-9-14-30-45-38-21-13-11-19-36(38)43(5,6)40(45)29-25-33-17-15-16-32(41(33)46-34-26-22-31(2)23-27-34)24-28-39-42(3,4)35-18-10-12-20-37(35)44(39)7/h10-13,18-29H,8-9,14-17,30H2,1-7H3/q+1. The van der Waals surface area contributed by atoms with E-state index in [1.165, 1.54) is 69.9 Å². The van der Waals surface area contributed by atoms with Crippen molar-refractivity contribution >= 4 is 17.1 Å². The van der Waals surface area contributed by atoms with E-state index in [1.807, 2.05) is 0 Å². The van der Waals surface area contributed by atoms with E-state index in [9.17, 15) is 0 Å². The molecule has 2 heterocycles. The average Bonchev–Trinajstić information content (AvgIpc) is 3.38. The molecule has 0 bridgehead atoms. The summed E-state index contributed by atoms with van der Waals surface area (Å²) in [7, 11) is 2.19. The van der Waals surface area contributed by atoms with Crippen LogP contribution in [0.15, 0.2) is 120 Å². The molecule has 0 saturated carbocycles. The van der Waals surface area contributed by atoms with Crippen molar-refractivity contribution in [2.24, 2.45) is 0 Å². The van der Waals surface area contributed by atoms with E-state index in [4.69, 9.17) is 4.74 Å². The summed E-state index contributed by atoms with van der Waals surface area (Å²) in [5, 5.41) is 0. The predicted molar refractivity (Wildman–Crippen MR) is 195 cm³/mol. The van der Waals surface area contributed by atoms with Crippen LogP contribution in [-0.2, 0) is 10.8 Å². The van der Waals surface area contributed by atoms with Crippen LogP contribution in [0.4, 0.5) is 11.4 Å². The lowest BCUT2D eigenvalue weighted by Crippen LogP contribution is -2.27. The molecule has 0 spiro atoms. The van der Waals surface area contributed by atoms with Crippen molar-refractivity contribution in [3.63, 3.8) is 0 Å². The number of benzene rings is 3. The van der Waals surface area contributed by atoms with Crippen molar-refractivity contribution in [1.82, 2.24) is 0 Å². The molecule has 0 saturated heterocycles. The zero-order chi connectivity index (χ0) is 32.5. The first-order valence-electron chi connectivity index (χ1n) is 17.3. The molecule has 238 valence electrons. The molecule has 3 aromatic rings. The smallest absolute Gasteiger partial charge is 0.209 e. The van der Waals surface area contributed by atoms with Crippen LogP contribution in [0, 0.1) is 6.92 Å². The van der Waals surface area contributed by atoms with Crippen LogP contribution < -0.4 is 9.64 Å². The molecule has 0 fully saturated rings. The first kappa shape index (κ1) is 31.9. The Kier molecular flexibility index (Phi) is 8.97. The second-order valence-electron chi connectivity index (χ2n) is 14.3. The Morgan fingerprint density at radius 2 is 1.52 bits per heavy atom. The highest BCUT2D eigenvalue weighted by Crippen LogP contribution is 2.48. The van der Waals surface area contributed by atoms with Gasteiger partial charge >= 0.3 is 0 Å². The van der Waals surface area contributed by atoms with Gasteiger partial charge < -0.3 is 9.64 Å². The van der Waals surface area contributed by atoms with Crippen molar-refractivity contribution < 1.29 is 9.31 Å². The SMILES string of the molecule is CCCCCN1/C(=C/C=C2\CCCC(/C=C/C3=[N+](C)c4ccccc4C3(C)C)=C2Oc2ccc(C)cc2)C(C)(C)c2ccccc21. The normalized spacial score (nSPS) is 20.3. The fourth-order valence-corrected chi connectivity index (χ4v) is 7.64. The number of para-hydroxylation sites is 2. The maximum atomic E-state index is 6.82. The fraction of sp³-hybridized carbons (Fsp3) is 0.372. The molecule has 0 atom stereocenters. The van der Waals surface area contributed by atoms with Gasteiger partial charge in [0.1, 0.15) is 18.6 Å². The molecule has 3 nitrogen and oxygen atoms in total. The van der Waals surface area contributed by atoms with Crippen LogP contribution >= 0.6 is 0 Å². The Balaban J connectivity index is 1.41. The van der Waals surface area contributed by atoms with Gasteiger partial charge in [-0.05, 0) is 93.5 Å². The highest BCUT2D eigenvalue weighted by molar-refractivity contribution is 6.03. The second-order valence-corrected chi connectivity index (χ2v) is 14.3. The molecule has 0 aromatic heterocycles. The van der Waals surface area contributed by atoms with Gasteiger partial charge in [0.05, 0.1) is 5.41 Å². The summed E-state index contributed by atoms with van der Waals surface area (Å²) >= 11 is 0. The maximum Gasteiger partial charge on any atom is 0.209 e. The number of unbranched alkanes of at least 4 members (excludes halogenated alkanes) is 2. The monoisotopic (exact) mass is 611 g/mol. The molecular formula is C43H51N2O+. The largest absolute Gasteiger partial charge is 0.457 e. The molecular weight excluding hydrogens is 560 g/mol. The molecule has 3 aromatic carbocycles. The zero-order valence-corrected chi connectivity index (χ0v) is 29.0. The van der Waals surface area contributed by atoms with Gasteiger partial charge in [0.25, 0.3) is 0 Å². The number of hydrogen-bond acceptors (Lipinski definition) is 2. The summed E-state index contributed by atoms with van der Waals surface area (Å²) in [5.41, 5.74) is 11.7. The minimum atomic E-state index is -0.0670. The van der Waals surface area contributed by atoms with E-state index < -0.39 is 0 Å². The quantitative estimate of drug-likeness (QED) is 0.177. The minimum absolute atomic E-state index is 0.0662. The number of allylic oxidation sites excluding steroid dienone is 7. The van der Waals surface area contributed by atoms with Crippen LogP contribution in [0.25, 0.3) is 0 Å². The van der Waals surface area contributed by atoms with Crippen LogP contribution in [0.3, 0.4) is 0 Å². The average molecular weight is 612 g/mol. The lowest BCUT2D eigenvalue weighted by atomic mass is 9.81. The Morgan fingerprint density at radius 1 is 0.804 bits per heavy atom. The summed E-state index contributed by atoms with van der Waals surface area (Å²) in [6.07, 6.45) is 16.2. The third-order valence-corrected chi connectivity index (χ3v) is 10.3. The third-order valence-electron chi connectivity index (χ3n) is 10.3. The van der Waals surface area contributed by atoms with Crippen molar-refractivity contribution in [2.75, 3.05) is 18.5 Å². The number of anilines is 1. The highest BCUT2D eigenvalue weighted by atomic mass is 16.5. The first-order valence-corrected chi connectivity index (χ1v) is 17.3. The summed E-state index contributed by atoms with van der Waals surface area (Å²) in [6.45, 7) is 14.9. The number of fused-ring (bicyclic) bond motifs is 2. The summed E-state index contributed by atoms with van der Waals surface area (Å²) in [6, 6.07) is 26.2. The van der Waals surface area contributed by atoms with Crippen LogP contribution in [0.1, 0.15) is 89.8 Å². The molecule has 46 heavy (non-hydrogen) atoms. The van der Waals surface area contributed by atoms with E-state index in [2.05, 4.69) is 155 Å². The van der Waals surface area contributed by atoms with Crippen molar-refractivity contribution in [3.8, 4) is 5.75 Å². The second kappa shape index (κ2) is 12.9. The van der Waals surface area contributed by atoms with Crippen LogP contribution in [0.2, 0.25) is 0 Å². The van der Waals surface area contributed by atoms with E-state index >= 15 is 0 Å². The van der Waals surface area contributed by atoms with Crippen LogP contribution in [0.5, 0.6) is 5.75 Å². The lowest BCUT2D eigenvalue weighted by Gasteiger charge is -2.27. The van der Waals surface area contributed by atoms with E-state index in [1.54, 1.807) is 0 Å². The van der Waals surface area contributed by atoms with E-state index in [0.717, 1.165) is 37.3 Å². The molecule has 0 unspecified atom stereocenters. The molecule has 0 radical (unpaired) electrons. The zero-order valence-electron chi connectivity index (χ0n) is 29.0. The van der Waals surface area contributed by atoms with Gasteiger partial charge in [0.15, 0.2) is 5.71 Å². The van der Waals surface area contributed by atoms with Gasteiger partial charge in [-0.15, -0.1) is 0 Å². The fourth-order valence-electron chi connectivity index (χ4n) is 7.64. The molecule has 0 N–H and O–H groups in total. The topological polar surface area (TPSA) is 15.5 Å². The van der Waals surface area contributed by atoms with Gasteiger partial charge in [0, 0.05) is 41.1 Å². The molecule has 3 aliphatic rings. The summed E-state index contributed by atoms with van der Waals surface area (Å²) < 4.78 is 9.17. The number of hydrogen-bond donors (Lipinski definition) is 0. The number of ether oxygens (including phenoxy) is 1. The van der Waals surface area contributed by atoms with E-state index in [0.29, 0.717) is 0 Å². The Hall–Kier alpha value is -4.11. The van der Waals surface area contributed by atoms with Gasteiger partial charge in [-0.25, -0.2) is 0 Å². The number of aryl methyl sites for hydroxylation is 1. The Morgan fingerprint density at radius 3 is 2.26 bits per heavy atom. The molecule has 3 heteroatoms. The Labute approximate surface area is 277 Å². The maximum absolute atomic E-state index is 6.82. The summed E-state index contributed by atoms with van der Waals surface area (Å²) in [4.78, 5) is 2.57. The highest BCUT2D eigenvalue weighted by Gasteiger charge is 2.43. The predicted octanol–water partition coefficient (Wildman–Crippen LogP) is 10.9.